The van der Waals surface area contributed by atoms with Crippen molar-refractivity contribution in [1.82, 2.24) is 5.32 Å². The predicted octanol–water partition coefficient (Wildman–Crippen LogP) is 2.92. The van der Waals surface area contributed by atoms with Gasteiger partial charge in [-0.3, -0.25) is 19.7 Å². The molecule has 150 valence electrons. The number of nitrogens with two attached hydrogens (primary N) is 1. The van der Waals surface area contributed by atoms with Crippen LogP contribution in [0.1, 0.15) is 22.6 Å². The van der Waals surface area contributed by atoms with Crippen molar-refractivity contribution in [2.75, 3.05) is 0 Å². The first kappa shape index (κ1) is 19.3. The van der Waals surface area contributed by atoms with Gasteiger partial charge in [0.15, 0.2) is 0 Å². The van der Waals surface area contributed by atoms with Crippen molar-refractivity contribution in [3.63, 3.8) is 0 Å². The number of nitrogens with zero attached hydrogens (tertiary/aromatic N) is 1. The number of rotatable bonds is 6. The summed E-state index contributed by atoms with van der Waals surface area (Å²) in [5, 5.41) is 14.0. The molecular weight excluding hydrogens is 382 g/mol. The van der Waals surface area contributed by atoms with Gasteiger partial charge in [-0.05, 0) is 22.3 Å². The van der Waals surface area contributed by atoms with Crippen molar-refractivity contribution >= 4 is 17.5 Å². The fraction of sp³-hybridized carbons (Fsp3) is 0.130. The van der Waals surface area contributed by atoms with Gasteiger partial charge >= 0.3 is 0 Å². The van der Waals surface area contributed by atoms with Crippen LogP contribution in [0.15, 0.2) is 72.8 Å². The molecule has 4 rings (SSSR count). The largest absolute Gasteiger partial charge is 0.368 e. The molecule has 0 heterocycles. The number of benzene rings is 3. The Labute approximate surface area is 172 Å². The van der Waals surface area contributed by atoms with Gasteiger partial charge in [-0.1, -0.05) is 66.7 Å². The Balaban J connectivity index is 1.64. The summed E-state index contributed by atoms with van der Waals surface area (Å²) in [6.07, 6.45) is -0.0613. The van der Waals surface area contributed by atoms with Crippen LogP contribution >= 0.6 is 0 Å². The molecule has 0 spiro atoms. The van der Waals surface area contributed by atoms with E-state index in [0.717, 1.165) is 22.3 Å². The quantitative estimate of drug-likeness (QED) is 0.488. The molecule has 3 N–H and O–H groups in total. The van der Waals surface area contributed by atoms with Crippen molar-refractivity contribution in [2.45, 2.75) is 18.4 Å². The van der Waals surface area contributed by atoms with E-state index in [1.807, 2.05) is 48.5 Å². The van der Waals surface area contributed by atoms with Gasteiger partial charge in [0.2, 0.25) is 11.8 Å². The van der Waals surface area contributed by atoms with Gasteiger partial charge < -0.3 is 11.1 Å². The normalized spacial score (nSPS) is 13.2. The molecule has 0 radical (unpaired) electrons. The second-order valence-corrected chi connectivity index (χ2v) is 7.16. The number of hydrogen-bond donors (Lipinski definition) is 2. The van der Waals surface area contributed by atoms with Crippen LogP contribution in [0.25, 0.3) is 11.1 Å². The van der Waals surface area contributed by atoms with Crippen LogP contribution in [0.2, 0.25) is 0 Å². The number of fused-ring (bicyclic) bond motifs is 3. The molecule has 7 nitrogen and oxygen atoms in total. The number of amides is 2. The molecule has 1 aliphatic rings. The number of nitro benzene ring substituents is 1. The fourth-order valence-electron chi connectivity index (χ4n) is 4.00. The maximum atomic E-state index is 13.2. The number of para-hydroxylation sites is 1. The average Bonchev–Trinajstić information content (AvgIpc) is 3.08. The second kappa shape index (κ2) is 7.79. The van der Waals surface area contributed by atoms with Crippen molar-refractivity contribution in [2.24, 2.45) is 5.73 Å². The molecule has 7 heteroatoms. The first-order chi connectivity index (χ1) is 14.5. The van der Waals surface area contributed by atoms with E-state index in [2.05, 4.69) is 5.32 Å². The van der Waals surface area contributed by atoms with E-state index in [1.54, 1.807) is 18.2 Å². The number of hydrogen-bond acceptors (Lipinski definition) is 4. The van der Waals surface area contributed by atoms with Gasteiger partial charge in [0, 0.05) is 18.1 Å². The van der Waals surface area contributed by atoms with Gasteiger partial charge in [-0.2, -0.15) is 0 Å². The Morgan fingerprint density at radius 3 is 2.03 bits per heavy atom. The van der Waals surface area contributed by atoms with Crippen LogP contribution in [0, 0.1) is 10.1 Å². The lowest BCUT2D eigenvalue weighted by Gasteiger charge is -2.20. The number of carbonyl (C=O) groups is 2. The highest BCUT2D eigenvalue weighted by atomic mass is 16.6. The first-order valence-corrected chi connectivity index (χ1v) is 9.47. The summed E-state index contributed by atoms with van der Waals surface area (Å²) in [5.41, 5.74) is 9.39. The summed E-state index contributed by atoms with van der Waals surface area (Å²) in [5.74, 6) is -1.69. The Bertz CT molecular complexity index is 1110. The van der Waals surface area contributed by atoms with E-state index in [1.165, 1.54) is 6.07 Å². The molecule has 0 fully saturated rings. The molecule has 0 saturated heterocycles. The first-order valence-electron chi connectivity index (χ1n) is 9.47. The summed E-state index contributed by atoms with van der Waals surface area (Å²) in [7, 11) is 0. The van der Waals surface area contributed by atoms with Crippen LogP contribution in [0.5, 0.6) is 0 Å². The SMILES string of the molecule is NC(=O)[C@H](Cc1ccccc1[N+](=O)[O-])NC(=O)C1c2ccccc2-c2ccccc21. The molecule has 0 unspecified atom stereocenters. The summed E-state index contributed by atoms with van der Waals surface area (Å²) < 4.78 is 0. The van der Waals surface area contributed by atoms with Gasteiger partial charge in [0.05, 0.1) is 10.8 Å². The maximum absolute atomic E-state index is 13.2. The number of primary amides is 1. The lowest BCUT2D eigenvalue weighted by atomic mass is 9.95. The monoisotopic (exact) mass is 401 g/mol. The van der Waals surface area contributed by atoms with Crippen LogP contribution < -0.4 is 11.1 Å². The molecule has 3 aromatic rings. The number of nitrogens with one attached hydrogen (secondary N) is 1. The molecule has 0 aromatic heterocycles. The minimum absolute atomic E-state index is 0.0613. The minimum atomic E-state index is -1.07. The van der Waals surface area contributed by atoms with E-state index in [9.17, 15) is 19.7 Å². The van der Waals surface area contributed by atoms with Crippen molar-refractivity contribution < 1.29 is 14.5 Å². The van der Waals surface area contributed by atoms with Crippen LogP contribution in [0.4, 0.5) is 5.69 Å². The zero-order valence-electron chi connectivity index (χ0n) is 15.9. The number of carbonyl (C=O) groups excluding carboxylic acids is 2. The molecular formula is C23H19N3O4. The van der Waals surface area contributed by atoms with Gasteiger partial charge in [0.25, 0.3) is 5.69 Å². The Hall–Kier alpha value is -4.00. The summed E-state index contributed by atoms with van der Waals surface area (Å²) in [4.78, 5) is 36.1. The third-order valence-corrected chi connectivity index (χ3v) is 5.37. The van der Waals surface area contributed by atoms with Crippen LogP contribution in [-0.2, 0) is 16.0 Å². The molecule has 0 bridgehead atoms. The van der Waals surface area contributed by atoms with Crippen molar-refractivity contribution in [1.29, 1.82) is 0 Å². The molecule has 1 atom stereocenters. The molecule has 3 aromatic carbocycles. The minimum Gasteiger partial charge on any atom is -0.368 e. The third-order valence-electron chi connectivity index (χ3n) is 5.37. The van der Waals surface area contributed by atoms with E-state index in [0.29, 0.717) is 5.56 Å². The van der Waals surface area contributed by atoms with Gasteiger partial charge in [-0.15, -0.1) is 0 Å². The highest BCUT2D eigenvalue weighted by Crippen LogP contribution is 2.44. The lowest BCUT2D eigenvalue weighted by Crippen LogP contribution is -2.47. The van der Waals surface area contributed by atoms with Gasteiger partial charge in [-0.25, -0.2) is 0 Å². The standard InChI is InChI=1S/C23H19N3O4/c24-22(27)19(13-14-7-1-6-12-20(14)26(29)30)25-23(28)21-17-10-4-2-8-15(17)16-9-3-5-11-18(16)21/h1-12,19,21H,13H2,(H2,24,27)(H,25,28)/t19-/m0/s1. The second-order valence-electron chi connectivity index (χ2n) is 7.16. The summed E-state index contributed by atoms with van der Waals surface area (Å²) in [6, 6.07) is 20.3. The smallest absolute Gasteiger partial charge is 0.272 e. The topological polar surface area (TPSA) is 115 Å². The predicted molar refractivity (Wildman–Crippen MR) is 112 cm³/mol. The Kier molecular flexibility index (Phi) is 5.02. The Morgan fingerprint density at radius 2 is 1.47 bits per heavy atom. The zero-order valence-corrected chi connectivity index (χ0v) is 15.9. The average molecular weight is 401 g/mol. The highest BCUT2D eigenvalue weighted by molar-refractivity contribution is 5.98. The lowest BCUT2D eigenvalue weighted by molar-refractivity contribution is -0.385. The van der Waals surface area contributed by atoms with Crippen LogP contribution in [-0.4, -0.2) is 22.8 Å². The van der Waals surface area contributed by atoms with Crippen molar-refractivity contribution in [3.8, 4) is 11.1 Å². The van der Waals surface area contributed by atoms with E-state index >= 15 is 0 Å². The van der Waals surface area contributed by atoms with Crippen LogP contribution in [0.3, 0.4) is 0 Å². The molecule has 1 aliphatic carbocycles. The molecule has 0 aliphatic heterocycles. The van der Waals surface area contributed by atoms with E-state index in [4.69, 9.17) is 5.73 Å². The van der Waals surface area contributed by atoms with Crippen molar-refractivity contribution in [3.05, 3.63) is 99.6 Å². The summed E-state index contributed by atoms with van der Waals surface area (Å²) in [6.45, 7) is 0. The Morgan fingerprint density at radius 1 is 0.933 bits per heavy atom. The zero-order chi connectivity index (χ0) is 21.3. The molecule has 2 amide bonds. The molecule has 0 saturated carbocycles. The fourth-order valence-corrected chi connectivity index (χ4v) is 4.00. The van der Waals surface area contributed by atoms with E-state index in [-0.39, 0.29) is 18.0 Å². The highest BCUT2D eigenvalue weighted by Gasteiger charge is 2.35. The third kappa shape index (κ3) is 3.41. The van der Waals surface area contributed by atoms with E-state index < -0.39 is 22.8 Å². The molecule has 30 heavy (non-hydrogen) atoms. The summed E-state index contributed by atoms with van der Waals surface area (Å²) >= 11 is 0. The van der Waals surface area contributed by atoms with Gasteiger partial charge in [0.1, 0.15) is 6.04 Å². The maximum Gasteiger partial charge on any atom is 0.272 e. The number of nitro groups is 1.